The number of aliphatic carboxylic acids is 1. The van der Waals surface area contributed by atoms with Gasteiger partial charge in [-0.15, -0.1) is 0 Å². The molecule has 0 unspecified atom stereocenters. The lowest BCUT2D eigenvalue weighted by molar-refractivity contribution is -0.142. The van der Waals surface area contributed by atoms with Crippen LogP contribution in [0.15, 0.2) is 36.7 Å². The van der Waals surface area contributed by atoms with E-state index in [-0.39, 0.29) is 12.3 Å². The molecule has 1 aliphatic heterocycles. The molecule has 2 atom stereocenters. The molecule has 1 aliphatic rings. The molecule has 1 aromatic carbocycles. The SMILES string of the molecule is COc1ccc(CCN2C(=O)C[C@@H](C(=O)O)[C@@H]2c2cnn(C)c2)cc1. The number of hydrogen-bond donors (Lipinski definition) is 1. The topological polar surface area (TPSA) is 84.7 Å². The number of nitrogens with zero attached hydrogens (tertiary/aromatic N) is 3. The van der Waals surface area contributed by atoms with E-state index < -0.39 is 17.9 Å². The Morgan fingerprint density at radius 1 is 1.36 bits per heavy atom. The number of carboxylic acid groups (broad SMARTS) is 1. The minimum atomic E-state index is -0.950. The maximum atomic E-state index is 12.4. The van der Waals surface area contributed by atoms with Crippen LogP contribution in [-0.4, -0.2) is 45.3 Å². The number of amides is 1. The van der Waals surface area contributed by atoms with Gasteiger partial charge in [-0.2, -0.15) is 5.10 Å². The van der Waals surface area contributed by atoms with Crippen LogP contribution in [0.2, 0.25) is 0 Å². The van der Waals surface area contributed by atoms with Crippen molar-refractivity contribution in [3.8, 4) is 5.75 Å². The summed E-state index contributed by atoms with van der Waals surface area (Å²) in [5, 5.41) is 13.6. The van der Waals surface area contributed by atoms with Crippen LogP contribution in [0.1, 0.15) is 23.6 Å². The van der Waals surface area contributed by atoms with Crippen molar-refractivity contribution in [1.29, 1.82) is 0 Å². The summed E-state index contributed by atoms with van der Waals surface area (Å²) >= 11 is 0. The van der Waals surface area contributed by atoms with E-state index >= 15 is 0 Å². The van der Waals surface area contributed by atoms with Gasteiger partial charge in [0.1, 0.15) is 5.75 Å². The number of likely N-dealkylation sites (tertiary alicyclic amines) is 1. The Morgan fingerprint density at radius 2 is 2.08 bits per heavy atom. The molecule has 7 nitrogen and oxygen atoms in total. The normalized spacial score (nSPS) is 20.1. The highest BCUT2D eigenvalue weighted by Crippen LogP contribution is 2.38. The van der Waals surface area contributed by atoms with Crippen molar-refractivity contribution in [3.63, 3.8) is 0 Å². The minimum Gasteiger partial charge on any atom is -0.497 e. The third-order valence-electron chi connectivity index (χ3n) is 4.62. The van der Waals surface area contributed by atoms with Crippen LogP contribution < -0.4 is 4.74 Å². The molecule has 25 heavy (non-hydrogen) atoms. The zero-order valence-electron chi connectivity index (χ0n) is 14.3. The highest BCUT2D eigenvalue weighted by atomic mass is 16.5. The fraction of sp³-hybridized carbons (Fsp3) is 0.389. The Labute approximate surface area is 145 Å². The molecule has 132 valence electrons. The lowest BCUT2D eigenvalue weighted by Crippen LogP contribution is -2.32. The number of hydrogen-bond acceptors (Lipinski definition) is 4. The molecule has 0 saturated carbocycles. The fourth-order valence-electron chi connectivity index (χ4n) is 3.32. The fourth-order valence-corrected chi connectivity index (χ4v) is 3.32. The molecule has 2 aromatic rings. The number of carbonyl (C=O) groups excluding carboxylic acids is 1. The van der Waals surface area contributed by atoms with Gasteiger partial charge >= 0.3 is 5.97 Å². The van der Waals surface area contributed by atoms with E-state index in [0.717, 1.165) is 16.9 Å². The number of carboxylic acids is 1. The van der Waals surface area contributed by atoms with E-state index in [1.54, 1.807) is 36.1 Å². The predicted octanol–water partition coefficient (Wildman–Crippen LogP) is 1.65. The van der Waals surface area contributed by atoms with Gasteiger partial charge in [-0.25, -0.2) is 0 Å². The maximum Gasteiger partial charge on any atom is 0.309 e. The summed E-state index contributed by atoms with van der Waals surface area (Å²) < 4.78 is 6.77. The van der Waals surface area contributed by atoms with E-state index in [9.17, 15) is 14.7 Å². The Morgan fingerprint density at radius 3 is 2.64 bits per heavy atom. The molecule has 0 aliphatic carbocycles. The van der Waals surface area contributed by atoms with Crippen LogP contribution in [0.5, 0.6) is 5.75 Å². The first kappa shape index (κ1) is 17.0. The summed E-state index contributed by atoms with van der Waals surface area (Å²) in [6.45, 7) is 0.467. The quantitative estimate of drug-likeness (QED) is 0.862. The molecule has 0 bridgehead atoms. The standard InChI is InChI=1S/C18H21N3O4/c1-20-11-13(10-19-20)17-15(18(23)24)9-16(22)21(17)8-7-12-3-5-14(25-2)6-4-12/h3-6,10-11,15,17H,7-9H2,1-2H3,(H,23,24)/t15-,17+/m1/s1. The van der Waals surface area contributed by atoms with Crippen molar-refractivity contribution in [2.45, 2.75) is 18.9 Å². The van der Waals surface area contributed by atoms with Gasteiger partial charge in [-0.3, -0.25) is 14.3 Å². The van der Waals surface area contributed by atoms with Crippen molar-refractivity contribution >= 4 is 11.9 Å². The minimum absolute atomic E-state index is 0.0253. The van der Waals surface area contributed by atoms with Crippen LogP contribution in [0.3, 0.4) is 0 Å². The molecule has 1 aromatic heterocycles. The van der Waals surface area contributed by atoms with Crippen LogP contribution in [0.25, 0.3) is 0 Å². The number of rotatable bonds is 6. The van der Waals surface area contributed by atoms with Gasteiger partial charge in [0.15, 0.2) is 0 Å². The molecule has 1 saturated heterocycles. The van der Waals surface area contributed by atoms with Gasteiger partial charge < -0.3 is 14.7 Å². The average molecular weight is 343 g/mol. The first-order valence-corrected chi connectivity index (χ1v) is 8.13. The largest absolute Gasteiger partial charge is 0.497 e. The van der Waals surface area contributed by atoms with Gasteiger partial charge in [0, 0.05) is 31.8 Å². The molecule has 0 spiro atoms. The van der Waals surface area contributed by atoms with Crippen molar-refractivity contribution in [1.82, 2.24) is 14.7 Å². The molecular formula is C18H21N3O4. The average Bonchev–Trinajstić information content (AvgIpc) is 3.16. The van der Waals surface area contributed by atoms with E-state index in [4.69, 9.17) is 4.74 Å². The second kappa shape index (κ2) is 6.96. The van der Waals surface area contributed by atoms with Crippen molar-refractivity contribution in [2.24, 2.45) is 13.0 Å². The van der Waals surface area contributed by atoms with Crippen LogP contribution in [-0.2, 0) is 23.1 Å². The molecule has 7 heteroatoms. The summed E-state index contributed by atoms with van der Waals surface area (Å²) in [5.41, 5.74) is 1.83. The van der Waals surface area contributed by atoms with Gasteiger partial charge in [-0.05, 0) is 24.1 Å². The number of aromatic nitrogens is 2. The lowest BCUT2D eigenvalue weighted by Gasteiger charge is -2.26. The maximum absolute atomic E-state index is 12.4. The highest BCUT2D eigenvalue weighted by molar-refractivity contribution is 5.87. The van der Waals surface area contributed by atoms with E-state index in [2.05, 4.69) is 5.10 Å². The lowest BCUT2D eigenvalue weighted by atomic mass is 9.96. The van der Waals surface area contributed by atoms with E-state index in [0.29, 0.717) is 13.0 Å². The first-order chi connectivity index (χ1) is 12.0. The van der Waals surface area contributed by atoms with Crippen LogP contribution in [0, 0.1) is 5.92 Å². The number of carbonyl (C=O) groups is 2. The summed E-state index contributed by atoms with van der Waals surface area (Å²) in [6, 6.07) is 7.18. The van der Waals surface area contributed by atoms with E-state index in [1.807, 2.05) is 24.3 Å². The summed E-state index contributed by atoms with van der Waals surface area (Å²) in [7, 11) is 3.39. The van der Waals surface area contributed by atoms with Crippen LogP contribution >= 0.6 is 0 Å². The number of aryl methyl sites for hydroxylation is 1. The Kier molecular flexibility index (Phi) is 4.74. The summed E-state index contributed by atoms with van der Waals surface area (Å²) in [5.74, 6) is -1.04. The third-order valence-corrected chi connectivity index (χ3v) is 4.62. The van der Waals surface area contributed by atoms with E-state index in [1.165, 1.54) is 0 Å². The Balaban J connectivity index is 1.79. The molecule has 3 rings (SSSR count). The zero-order chi connectivity index (χ0) is 18.0. The van der Waals surface area contributed by atoms with Gasteiger partial charge in [0.05, 0.1) is 25.3 Å². The smallest absolute Gasteiger partial charge is 0.309 e. The predicted molar refractivity (Wildman–Crippen MR) is 90.1 cm³/mol. The van der Waals surface area contributed by atoms with Crippen molar-refractivity contribution in [2.75, 3.05) is 13.7 Å². The zero-order valence-corrected chi connectivity index (χ0v) is 14.3. The molecule has 1 N–H and O–H groups in total. The molecule has 0 radical (unpaired) electrons. The third kappa shape index (κ3) is 3.50. The van der Waals surface area contributed by atoms with Crippen molar-refractivity contribution in [3.05, 3.63) is 47.8 Å². The van der Waals surface area contributed by atoms with Gasteiger partial charge in [0.2, 0.25) is 5.91 Å². The summed E-state index contributed by atoms with van der Waals surface area (Å²) in [4.78, 5) is 25.7. The molecule has 1 fully saturated rings. The van der Waals surface area contributed by atoms with Crippen LogP contribution in [0.4, 0.5) is 0 Å². The molecule has 2 heterocycles. The number of benzene rings is 1. The first-order valence-electron chi connectivity index (χ1n) is 8.13. The summed E-state index contributed by atoms with van der Waals surface area (Å²) in [6.07, 6.45) is 4.09. The van der Waals surface area contributed by atoms with Crippen molar-refractivity contribution < 1.29 is 19.4 Å². The second-order valence-electron chi connectivity index (χ2n) is 6.23. The highest BCUT2D eigenvalue weighted by Gasteiger charge is 2.44. The number of methoxy groups -OCH3 is 1. The van der Waals surface area contributed by atoms with Gasteiger partial charge in [-0.1, -0.05) is 12.1 Å². The number of ether oxygens (including phenoxy) is 1. The Hall–Kier alpha value is -2.83. The Bertz CT molecular complexity index is 769. The van der Waals surface area contributed by atoms with Gasteiger partial charge in [0.25, 0.3) is 0 Å². The molecule has 1 amide bonds. The second-order valence-corrected chi connectivity index (χ2v) is 6.23. The monoisotopic (exact) mass is 343 g/mol. The molecular weight excluding hydrogens is 322 g/mol.